The number of nitrogens with zero attached hydrogens (tertiary/aromatic N) is 1. The summed E-state index contributed by atoms with van der Waals surface area (Å²) in [7, 11) is 0. The molecule has 7 heteroatoms. The van der Waals surface area contributed by atoms with Gasteiger partial charge in [-0.25, -0.2) is 0 Å². The standard InChI is InChI=1S/C18H32N4O3/c1-2-9-20-16(23)7-8-17(24)22-11-4-5-14(13-22)12-21-18(25)15-6-3-10-19-15/h14-15,19H,2-13H2,1H3,(H,20,23)(H,21,25). The molecule has 2 rings (SSSR count). The number of nitrogens with one attached hydrogen (secondary N) is 3. The summed E-state index contributed by atoms with van der Waals surface area (Å²) in [6.45, 7) is 5.63. The molecule has 2 heterocycles. The van der Waals surface area contributed by atoms with Crippen LogP contribution in [0.5, 0.6) is 0 Å². The van der Waals surface area contributed by atoms with E-state index in [4.69, 9.17) is 0 Å². The van der Waals surface area contributed by atoms with Gasteiger partial charge in [0.05, 0.1) is 6.04 Å². The van der Waals surface area contributed by atoms with E-state index >= 15 is 0 Å². The summed E-state index contributed by atoms with van der Waals surface area (Å²) in [5.41, 5.74) is 0. The van der Waals surface area contributed by atoms with Crippen LogP contribution in [0.25, 0.3) is 0 Å². The van der Waals surface area contributed by atoms with Crippen molar-refractivity contribution in [1.82, 2.24) is 20.9 Å². The van der Waals surface area contributed by atoms with E-state index in [-0.39, 0.29) is 36.6 Å². The highest BCUT2D eigenvalue weighted by atomic mass is 16.2. The normalized spacial score (nSPS) is 23.3. The van der Waals surface area contributed by atoms with Gasteiger partial charge in [0.15, 0.2) is 0 Å². The zero-order valence-electron chi connectivity index (χ0n) is 15.3. The van der Waals surface area contributed by atoms with Crippen LogP contribution in [-0.2, 0) is 14.4 Å². The molecule has 2 unspecified atom stereocenters. The molecule has 2 aliphatic rings. The predicted molar refractivity (Wildman–Crippen MR) is 95.9 cm³/mol. The minimum Gasteiger partial charge on any atom is -0.356 e. The Hall–Kier alpha value is -1.63. The lowest BCUT2D eigenvalue weighted by Crippen LogP contribution is -2.46. The van der Waals surface area contributed by atoms with Gasteiger partial charge < -0.3 is 20.9 Å². The number of hydrogen-bond acceptors (Lipinski definition) is 4. The van der Waals surface area contributed by atoms with E-state index in [0.717, 1.165) is 45.2 Å². The zero-order valence-corrected chi connectivity index (χ0v) is 15.3. The largest absolute Gasteiger partial charge is 0.356 e. The molecule has 0 aromatic rings. The number of rotatable bonds is 8. The number of amides is 3. The Labute approximate surface area is 150 Å². The summed E-state index contributed by atoms with van der Waals surface area (Å²) in [6, 6.07) is -0.0528. The van der Waals surface area contributed by atoms with Crippen molar-refractivity contribution in [2.24, 2.45) is 5.92 Å². The van der Waals surface area contributed by atoms with E-state index in [1.54, 1.807) is 0 Å². The average Bonchev–Trinajstić information content (AvgIpc) is 3.17. The van der Waals surface area contributed by atoms with Gasteiger partial charge in [0.1, 0.15) is 0 Å². The molecule has 2 atom stereocenters. The maximum Gasteiger partial charge on any atom is 0.237 e. The fraction of sp³-hybridized carbons (Fsp3) is 0.833. The third-order valence-electron chi connectivity index (χ3n) is 4.95. The van der Waals surface area contributed by atoms with Gasteiger partial charge in [-0.2, -0.15) is 0 Å². The molecule has 142 valence electrons. The van der Waals surface area contributed by atoms with Crippen molar-refractivity contribution in [3.8, 4) is 0 Å². The second-order valence-electron chi connectivity index (χ2n) is 7.09. The molecular weight excluding hydrogens is 320 g/mol. The van der Waals surface area contributed by atoms with Crippen molar-refractivity contribution >= 4 is 17.7 Å². The fourth-order valence-corrected chi connectivity index (χ4v) is 3.47. The van der Waals surface area contributed by atoms with Crippen LogP contribution in [-0.4, -0.2) is 61.4 Å². The van der Waals surface area contributed by atoms with Crippen molar-refractivity contribution < 1.29 is 14.4 Å². The van der Waals surface area contributed by atoms with E-state index in [1.807, 2.05) is 11.8 Å². The van der Waals surface area contributed by atoms with Gasteiger partial charge in [0.2, 0.25) is 17.7 Å². The lowest BCUT2D eigenvalue weighted by Gasteiger charge is -2.33. The second kappa shape index (κ2) is 10.4. The minimum absolute atomic E-state index is 0.0418. The topological polar surface area (TPSA) is 90.5 Å². The highest BCUT2D eigenvalue weighted by molar-refractivity contribution is 5.84. The molecule has 2 aliphatic heterocycles. The zero-order chi connectivity index (χ0) is 18.1. The number of piperidine rings is 1. The van der Waals surface area contributed by atoms with Gasteiger partial charge >= 0.3 is 0 Å². The molecule has 25 heavy (non-hydrogen) atoms. The molecule has 0 aromatic carbocycles. The predicted octanol–water partition coefficient (Wildman–Crippen LogP) is 0.400. The summed E-state index contributed by atoms with van der Waals surface area (Å²) < 4.78 is 0. The molecule has 3 N–H and O–H groups in total. The van der Waals surface area contributed by atoms with Crippen molar-refractivity contribution in [2.45, 2.75) is 57.9 Å². The second-order valence-corrected chi connectivity index (χ2v) is 7.09. The highest BCUT2D eigenvalue weighted by Crippen LogP contribution is 2.17. The molecule has 0 aromatic heterocycles. The van der Waals surface area contributed by atoms with Crippen LogP contribution >= 0.6 is 0 Å². The van der Waals surface area contributed by atoms with Crippen molar-refractivity contribution in [3.05, 3.63) is 0 Å². The van der Waals surface area contributed by atoms with Gasteiger partial charge in [0.25, 0.3) is 0 Å². The molecule has 3 amide bonds. The van der Waals surface area contributed by atoms with Crippen LogP contribution in [0.15, 0.2) is 0 Å². The number of carbonyl (C=O) groups excluding carboxylic acids is 3. The van der Waals surface area contributed by atoms with Crippen LogP contribution < -0.4 is 16.0 Å². The molecule has 0 spiro atoms. The van der Waals surface area contributed by atoms with Gasteiger partial charge in [-0.05, 0) is 44.6 Å². The third-order valence-corrected chi connectivity index (χ3v) is 4.95. The number of hydrogen-bond donors (Lipinski definition) is 3. The summed E-state index contributed by atoms with van der Waals surface area (Å²) in [6.07, 6.45) is 5.35. The lowest BCUT2D eigenvalue weighted by atomic mass is 9.97. The molecule has 2 saturated heterocycles. The molecular formula is C18H32N4O3. The lowest BCUT2D eigenvalue weighted by molar-refractivity contribution is -0.135. The first-order valence-corrected chi connectivity index (χ1v) is 9.65. The van der Waals surface area contributed by atoms with Crippen LogP contribution in [0, 0.1) is 5.92 Å². The van der Waals surface area contributed by atoms with Crippen molar-refractivity contribution in [2.75, 3.05) is 32.7 Å². The monoisotopic (exact) mass is 352 g/mol. The first kappa shape index (κ1) is 19.7. The first-order chi connectivity index (χ1) is 12.1. The Balaban J connectivity index is 1.67. The molecule has 0 bridgehead atoms. The quantitative estimate of drug-likeness (QED) is 0.590. The van der Waals surface area contributed by atoms with Gasteiger partial charge in [-0.3, -0.25) is 14.4 Å². The summed E-state index contributed by atoms with van der Waals surface area (Å²) in [5, 5.41) is 9.02. The Kier molecular flexibility index (Phi) is 8.18. The van der Waals surface area contributed by atoms with Crippen molar-refractivity contribution in [1.29, 1.82) is 0 Å². The number of carbonyl (C=O) groups is 3. The van der Waals surface area contributed by atoms with Crippen LogP contribution in [0.3, 0.4) is 0 Å². The third kappa shape index (κ3) is 6.65. The van der Waals surface area contributed by atoms with E-state index in [0.29, 0.717) is 25.6 Å². The Morgan fingerprint density at radius 3 is 2.68 bits per heavy atom. The Morgan fingerprint density at radius 2 is 1.96 bits per heavy atom. The maximum atomic E-state index is 12.3. The minimum atomic E-state index is -0.0555. The molecule has 0 aliphatic carbocycles. The van der Waals surface area contributed by atoms with Crippen LogP contribution in [0.2, 0.25) is 0 Å². The average molecular weight is 352 g/mol. The Bertz CT molecular complexity index is 463. The number of likely N-dealkylation sites (tertiary alicyclic amines) is 1. The SMILES string of the molecule is CCCNC(=O)CCC(=O)N1CCCC(CNC(=O)C2CCCN2)C1. The van der Waals surface area contributed by atoms with Gasteiger partial charge in [-0.15, -0.1) is 0 Å². The van der Waals surface area contributed by atoms with Crippen LogP contribution in [0.1, 0.15) is 51.9 Å². The summed E-state index contributed by atoms with van der Waals surface area (Å²) in [4.78, 5) is 37.9. The van der Waals surface area contributed by atoms with E-state index in [1.165, 1.54) is 0 Å². The van der Waals surface area contributed by atoms with E-state index < -0.39 is 0 Å². The Morgan fingerprint density at radius 1 is 1.12 bits per heavy atom. The molecule has 7 nitrogen and oxygen atoms in total. The fourth-order valence-electron chi connectivity index (χ4n) is 3.47. The van der Waals surface area contributed by atoms with E-state index in [9.17, 15) is 14.4 Å². The van der Waals surface area contributed by atoms with Gasteiger partial charge in [-0.1, -0.05) is 6.92 Å². The molecule has 0 radical (unpaired) electrons. The van der Waals surface area contributed by atoms with E-state index in [2.05, 4.69) is 16.0 Å². The summed E-state index contributed by atoms with van der Waals surface area (Å²) in [5.74, 6) is 0.366. The smallest absolute Gasteiger partial charge is 0.237 e. The molecule has 2 fully saturated rings. The van der Waals surface area contributed by atoms with Gasteiger partial charge in [0, 0.05) is 39.0 Å². The van der Waals surface area contributed by atoms with Crippen LogP contribution in [0.4, 0.5) is 0 Å². The van der Waals surface area contributed by atoms with Crippen molar-refractivity contribution in [3.63, 3.8) is 0 Å². The highest BCUT2D eigenvalue weighted by Gasteiger charge is 2.26. The first-order valence-electron chi connectivity index (χ1n) is 9.65. The summed E-state index contributed by atoms with van der Waals surface area (Å²) >= 11 is 0. The maximum absolute atomic E-state index is 12.3. The molecule has 0 saturated carbocycles.